The van der Waals surface area contributed by atoms with E-state index in [1.807, 2.05) is 18.7 Å². The number of hydrogen-bond acceptors (Lipinski definition) is 5. The van der Waals surface area contributed by atoms with E-state index < -0.39 is 44.3 Å². The largest absolute Gasteiger partial charge is 0.416 e. The fourth-order valence-electron chi connectivity index (χ4n) is 4.55. The number of carbonyl (C=O) groups is 1. The number of hydrogen-bond donors (Lipinski definition) is 0. The van der Waals surface area contributed by atoms with Crippen molar-refractivity contribution in [3.63, 3.8) is 0 Å². The van der Waals surface area contributed by atoms with E-state index >= 15 is 0 Å². The molecule has 12 heteroatoms. The van der Waals surface area contributed by atoms with Gasteiger partial charge in [-0.15, -0.1) is 0 Å². The molecule has 6 nitrogen and oxygen atoms in total. The average Bonchev–Trinajstić information content (AvgIpc) is 2.99. The van der Waals surface area contributed by atoms with Crippen LogP contribution in [0.2, 0.25) is 0 Å². The predicted octanol–water partition coefficient (Wildman–Crippen LogP) is 7.44. The summed E-state index contributed by atoms with van der Waals surface area (Å²) in [4.78, 5) is 16.0. The minimum absolute atomic E-state index is 0.106. The predicted molar refractivity (Wildman–Crippen MR) is 156 cm³/mol. The smallest absolute Gasteiger partial charge is 0.379 e. The zero-order chi connectivity index (χ0) is 32.1. The van der Waals surface area contributed by atoms with Gasteiger partial charge in [0.1, 0.15) is 22.3 Å². The quantitative estimate of drug-likeness (QED) is 0.127. The fourth-order valence-corrected chi connectivity index (χ4v) is 5.56. The number of amides is 1. The molecule has 4 rings (SSSR count). The molecule has 0 aliphatic carbocycles. The zero-order valence-corrected chi connectivity index (χ0v) is 24.6. The van der Waals surface area contributed by atoms with Crippen molar-refractivity contribution >= 4 is 21.7 Å². The Labute approximate surface area is 252 Å². The monoisotopic (exact) mass is 632 g/mol. The number of rotatable bonds is 11. The Bertz CT molecular complexity index is 1720. The van der Waals surface area contributed by atoms with Gasteiger partial charge in [-0.3, -0.25) is 4.79 Å². The van der Waals surface area contributed by atoms with E-state index in [2.05, 4.69) is 0 Å². The SMILES string of the molecule is CCN(CC)c1ccc(CN(Cc2ccc(F)cc2)C(=O)c2ccccc2F)c(OS(=O)(=O)c2cccc(C(F)(F)F)c2)c1. The lowest BCUT2D eigenvalue weighted by atomic mass is 10.1. The lowest BCUT2D eigenvalue weighted by molar-refractivity contribution is -0.137. The van der Waals surface area contributed by atoms with Crippen LogP contribution in [0, 0.1) is 11.6 Å². The molecular formula is C32H29F5N2O4S. The molecule has 0 heterocycles. The van der Waals surface area contributed by atoms with Crippen molar-refractivity contribution in [1.82, 2.24) is 4.90 Å². The molecule has 0 spiro atoms. The number of anilines is 1. The Hall–Kier alpha value is -4.45. The van der Waals surface area contributed by atoms with E-state index in [1.165, 1.54) is 59.5 Å². The van der Waals surface area contributed by atoms with Crippen LogP contribution in [0.25, 0.3) is 0 Å². The van der Waals surface area contributed by atoms with E-state index in [0.717, 1.165) is 24.3 Å². The number of carbonyl (C=O) groups excluding carboxylic acids is 1. The summed E-state index contributed by atoms with van der Waals surface area (Å²) >= 11 is 0. The van der Waals surface area contributed by atoms with Crippen molar-refractivity contribution < 1.29 is 39.3 Å². The molecular weight excluding hydrogens is 603 g/mol. The Morgan fingerprint density at radius 1 is 0.818 bits per heavy atom. The van der Waals surface area contributed by atoms with Crippen LogP contribution in [0.3, 0.4) is 0 Å². The molecule has 44 heavy (non-hydrogen) atoms. The van der Waals surface area contributed by atoms with Crippen LogP contribution in [0.1, 0.15) is 40.9 Å². The minimum Gasteiger partial charge on any atom is -0.379 e. The van der Waals surface area contributed by atoms with Gasteiger partial charge in [-0.1, -0.05) is 36.4 Å². The van der Waals surface area contributed by atoms with Crippen molar-refractivity contribution in [3.8, 4) is 5.75 Å². The van der Waals surface area contributed by atoms with Crippen molar-refractivity contribution in [1.29, 1.82) is 0 Å². The Kier molecular flexibility index (Phi) is 9.93. The van der Waals surface area contributed by atoms with Crippen LogP contribution < -0.4 is 9.08 Å². The third kappa shape index (κ3) is 7.73. The lowest BCUT2D eigenvalue weighted by Crippen LogP contribution is -2.31. The third-order valence-electron chi connectivity index (χ3n) is 6.87. The second-order valence-corrected chi connectivity index (χ2v) is 11.3. The molecule has 0 fully saturated rings. The highest BCUT2D eigenvalue weighted by atomic mass is 32.2. The van der Waals surface area contributed by atoms with Crippen LogP contribution in [0.4, 0.5) is 27.6 Å². The molecule has 232 valence electrons. The first-order chi connectivity index (χ1) is 20.8. The van der Waals surface area contributed by atoms with Crippen LogP contribution >= 0.6 is 0 Å². The van der Waals surface area contributed by atoms with E-state index in [4.69, 9.17) is 4.18 Å². The van der Waals surface area contributed by atoms with Gasteiger partial charge >= 0.3 is 16.3 Å². The standard InChI is InChI=1S/C32H29F5N2O4S/c1-3-38(4-2)26-17-14-23(30(19-26)43-44(41,42)27-9-7-8-24(18-27)32(35,36)37)21-39(20-22-12-15-25(33)16-13-22)31(40)28-10-5-6-11-29(28)34/h5-19H,3-4,20-21H2,1-2H3. The maximum Gasteiger partial charge on any atom is 0.416 e. The van der Waals surface area contributed by atoms with Gasteiger partial charge in [-0.25, -0.2) is 8.78 Å². The second kappa shape index (κ2) is 13.5. The van der Waals surface area contributed by atoms with Crippen molar-refractivity contribution in [2.45, 2.75) is 38.0 Å². The first kappa shape index (κ1) is 32.5. The van der Waals surface area contributed by atoms with Crippen molar-refractivity contribution in [2.75, 3.05) is 18.0 Å². The van der Waals surface area contributed by atoms with Crippen molar-refractivity contribution in [3.05, 3.63) is 125 Å². The van der Waals surface area contributed by atoms with Crippen LogP contribution in [-0.2, 0) is 29.4 Å². The summed E-state index contributed by atoms with van der Waals surface area (Å²) < 4.78 is 100. The van der Waals surface area contributed by atoms with Gasteiger partial charge in [0.15, 0.2) is 0 Å². The number of halogens is 5. The van der Waals surface area contributed by atoms with Gasteiger partial charge in [0.05, 0.1) is 17.7 Å². The molecule has 0 radical (unpaired) electrons. The molecule has 0 atom stereocenters. The fraction of sp³-hybridized carbons (Fsp3) is 0.219. The summed E-state index contributed by atoms with van der Waals surface area (Å²) in [6.45, 7) is 4.49. The van der Waals surface area contributed by atoms with Gasteiger partial charge in [0.25, 0.3) is 5.91 Å². The Balaban J connectivity index is 1.78. The minimum atomic E-state index is -4.78. The highest BCUT2D eigenvalue weighted by Crippen LogP contribution is 2.33. The molecule has 0 bridgehead atoms. The maximum absolute atomic E-state index is 14.7. The average molecular weight is 633 g/mol. The topological polar surface area (TPSA) is 66.9 Å². The van der Waals surface area contributed by atoms with Gasteiger partial charge in [0, 0.05) is 37.0 Å². The molecule has 0 saturated carbocycles. The van der Waals surface area contributed by atoms with Gasteiger partial charge in [0.2, 0.25) is 0 Å². The molecule has 0 saturated heterocycles. The Morgan fingerprint density at radius 2 is 1.50 bits per heavy atom. The summed E-state index contributed by atoms with van der Waals surface area (Å²) in [6.07, 6.45) is -4.78. The molecule has 0 aliphatic heterocycles. The summed E-state index contributed by atoms with van der Waals surface area (Å²) in [5.74, 6) is -2.23. The summed E-state index contributed by atoms with van der Waals surface area (Å²) in [7, 11) is -4.78. The summed E-state index contributed by atoms with van der Waals surface area (Å²) in [6, 6.07) is 18.5. The summed E-state index contributed by atoms with van der Waals surface area (Å²) in [5.41, 5.74) is -0.148. The molecule has 1 amide bonds. The molecule has 0 aliphatic rings. The molecule has 4 aromatic rings. The van der Waals surface area contributed by atoms with Gasteiger partial charge in [-0.2, -0.15) is 21.6 Å². The number of alkyl halides is 3. The zero-order valence-electron chi connectivity index (χ0n) is 23.8. The van der Waals surface area contributed by atoms with E-state index in [9.17, 15) is 35.2 Å². The second-order valence-electron chi connectivity index (χ2n) is 9.79. The van der Waals surface area contributed by atoms with Crippen LogP contribution in [0.15, 0.2) is 95.9 Å². The summed E-state index contributed by atoms with van der Waals surface area (Å²) in [5, 5.41) is 0. The highest BCUT2D eigenvalue weighted by molar-refractivity contribution is 7.87. The molecule has 0 N–H and O–H groups in total. The van der Waals surface area contributed by atoms with Gasteiger partial charge in [-0.05, 0) is 67.9 Å². The first-order valence-corrected chi connectivity index (χ1v) is 15.0. The normalized spacial score (nSPS) is 11.7. The van der Waals surface area contributed by atoms with Crippen LogP contribution in [-0.4, -0.2) is 32.3 Å². The molecule has 0 unspecified atom stereocenters. The van der Waals surface area contributed by atoms with Crippen LogP contribution in [0.5, 0.6) is 5.75 Å². The number of benzene rings is 4. The lowest BCUT2D eigenvalue weighted by Gasteiger charge is -2.26. The molecule has 0 aromatic heterocycles. The molecule has 4 aromatic carbocycles. The first-order valence-electron chi connectivity index (χ1n) is 13.6. The van der Waals surface area contributed by atoms with E-state index in [-0.39, 0.29) is 30.0 Å². The third-order valence-corrected chi connectivity index (χ3v) is 8.10. The van der Waals surface area contributed by atoms with Crippen molar-refractivity contribution in [2.24, 2.45) is 0 Å². The maximum atomic E-state index is 14.7. The van der Waals surface area contributed by atoms with E-state index in [0.29, 0.717) is 30.4 Å². The van der Waals surface area contributed by atoms with Gasteiger partial charge < -0.3 is 14.0 Å². The Morgan fingerprint density at radius 3 is 2.14 bits per heavy atom. The highest BCUT2D eigenvalue weighted by Gasteiger charge is 2.32. The van der Waals surface area contributed by atoms with E-state index in [1.54, 1.807) is 6.07 Å². The number of nitrogens with zero attached hydrogens (tertiary/aromatic N) is 2.